The zero-order valence-electron chi connectivity index (χ0n) is 21.5. The van der Waals surface area contributed by atoms with E-state index in [1.807, 2.05) is 0 Å². The Morgan fingerprint density at radius 2 is 1.87 bits per heavy atom. The summed E-state index contributed by atoms with van der Waals surface area (Å²) in [5, 5.41) is 22.6. The van der Waals surface area contributed by atoms with Crippen LogP contribution in [0.4, 0.5) is 0 Å². The van der Waals surface area contributed by atoms with Gasteiger partial charge in [-0.15, -0.1) is 10.2 Å². The Morgan fingerprint density at radius 3 is 2.50 bits per heavy atom. The molecule has 0 bridgehead atoms. The molecule has 1 aromatic carbocycles. The lowest BCUT2D eigenvalue weighted by Crippen LogP contribution is -2.28. The van der Waals surface area contributed by atoms with Crippen molar-refractivity contribution in [2.75, 3.05) is 20.8 Å². The number of rotatable bonds is 9. The van der Waals surface area contributed by atoms with Crippen LogP contribution in [0.5, 0.6) is 17.4 Å². The molecule has 0 spiro atoms. The Morgan fingerprint density at radius 1 is 1.13 bits per heavy atom. The number of fused-ring (bicyclic) bond motifs is 1. The van der Waals surface area contributed by atoms with Gasteiger partial charge in [-0.25, -0.2) is 13.1 Å². The number of benzene rings is 1. The van der Waals surface area contributed by atoms with Crippen molar-refractivity contribution in [3.8, 4) is 34.7 Å². The van der Waals surface area contributed by atoms with Crippen molar-refractivity contribution in [1.29, 1.82) is 0 Å². The van der Waals surface area contributed by atoms with Gasteiger partial charge in [-0.3, -0.25) is 4.57 Å². The summed E-state index contributed by atoms with van der Waals surface area (Å²) in [6.07, 6.45) is -0.580. The van der Waals surface area contributed by atoms with Crippen molar-refractivity contribution in [3.63, 3.8) is 0 Å². The quantitative estimate of drug-likeness (QED) is 0.335. The van der Waals surface area contributed by atoms with E-state index in [9.17, 15) is 13.5 Å². The molecule has 5 rings (SSSR count). The number of nitrogens with zero attached hydrogens (tertiary/aromatic N) is 5. The average molecular weight is 544 g/mol. The number of aliphatic hydroxyl groups excluding tert-OH is 1. The Hall–Kier alpha value is -3.84. The van der Waals surface area contributed by atoms with Crippen LogP contribution < -0.4 is 14.2 Å². The molecule has 13 heteroatoms. The van der Waals surface area contributed by atoms with E-state index in [4.69, 9.17) is 18.6 Å². The number of methoxy groups -OCH3 is 2. The number of furan rings is 1. The van der Waals surface area contributed by atoms with E-state index in [1.165, 1.54) is 21.1 Å². The molecule has 2 atom stereocenters. The third-order valence-corrected chi connectivity index (χ3v) is 8.54. The topological polar surface area (TPSA) is 144 Å². The highest BCUT2D eigenvalue weighted by Gasteiger charge is 2.35. The van der Waals surface area contributed by atoms with Gasteiger partial charge in [0.05, 0.1) is 31.8 Å². The second-order valence-corrected chi connectivity index (χ2v) is 11.3. The predicted molar refractivity (Wildman–Crippen MR) is 136 cm³/mol. The fraction of sp³-hybridized carbons (Fsp3) is 0.400. The number of aryl methyl sites for hydroxylation is 2. The monoisotopic (exact) mass is 543 g/mol. The first-order valence-electron chi connectivity index (χ1n) is 12.1. The van der Waals surface area contributed by atoms with Crippen molar-refractivity contribution in [2.45, 2.75) is 43.9 Å². The predicted octanol–water partition coefficient (Wildman–Crippen LogP) is 2.87. The molecular weight excluding hydrogens is 514 g/mol. The molecule has 4 aromatic rings. The van der Waals surface area contributed by atoms with Crippen molar-refractivity contribution in [3.05, 3.63) is 53.7 Å². The van der Waals surface area contributed by atoms with Gasteiger partial charge in [0.25, 0.3) is 0 Å². The molecule has 0 saturated carbocycles. The zero-order chi connectivity index (χ0) is 27.0. The average Bonchev–Trinajstić information content (AvgIpc) is 3.65. The number of ether oxygens (including phenoxy) is 3. The second-order valence-electron chi connectivity index (χ2n) is 8.99. The van der Waals surface area contributed by atoms with Crippen LogP contribution in [0.2, 0.25) is 0 Å². The smallest absolute Gasteiger partial charge is 0.212 e. The molecule has 12 nitrogen and oxygen atoms in total. The molecule has 0 unspecified atom stereocenters. The third kappa shape index (κ3) is 4.63. The van der Waals surface area contributed by atoms with E-state index >= 15 is 0 Å². The van der Waals surface area contributed by atoms with Crippen LogP contribution in [-0.2, 0) is 22.1 Å². The summed E-state index contributed by atoms with van der Waals surface area (Å²) >= 11 is 0. The van der Waals surface area contributed by atoms with Gasteiger partial charge in [-0.05, 0) is 38.1 Å². The van der Waals surface area contributed by atoms with Gasteiger partial charge in [-0.1, -0.05) is 6.07 Å². The molecule has 0 aliphatic carbocycles. The second kappa shape index (κ2) is 10.1. The number of aromatic nitrogens is 5. The van der Waals surface area contributed by atoms with Crippen molar-refractivity contribution < 1.29 is 32.2 Å². The van der Waals surface area contributed by atoms with Gasteiger partial charge >= 0.3 is 0 Å². The maximum atomic E-state index is 13.6. The van der Waals surface area contributed by atoms with Gasteiger partial charge in [-0.2, -0.15) is 5.10 Å². The highest BCUT2D eigenvalue weighted by molar-refractivity contribution is 7.91. The maximum absolute atomic E-state index is 13.6. The molecular formula is C25H29N5O7S. The maximum Gasteiger partial charge on any atom is 0.212 e. The zero-order valence-corrected chi connectivity index (χ0v) is 22.3. The van der Waals surface area contributed by atoms with Crippen LogP contribution in [0.1, 0.15) is 36.7 Å². The van der Waals surface area contributed by atoms with Gasteiger partial charge < -0.3 is 23.7 Å². The highest BCUT2D eigenvalue weighted by atomic mass is 32.2. The summed E-state index contributed by atoms with van der Waals surface area (Å²) in [6.45, 7) is 4.43. The number of hydrogen-bond donors (Lipinski definition) is 1. The van der Waals surface area contributed by atoms with Gasteiger partial charge in [0.15, 0.2) is 21.4 Å². The van der Waals surface area contributed by atoms with E-state index in [2.05, 4.69) is 15.3 Å². The van der Waals surface area contributed by atoms with E-state index in [0.29, 0.717) is 47.7 Å². The minimum Gasteiger partial charge on any atom is -0.494 e. The fourth-order valence-electron chi connectivity index (χ4n) is 4.39. The first kappa shape index (κ1) is 25.8. The Balaban J connectivity index is 1.55. The summed E-state index contributed by atoms with van der Waals surface area (Å²) in [5.74, 6) is 2.25. The van der Waals surface area contributed by atoms with E-state index in [-0.39, 0.29) is 17.3 Å². The fourth-order valence-corrected chi connectivity index (χ4v) is 5.73. The Bertz CT molecular complexity index is 1510. The summed E-state index contributed by atoms with van der Waals surface area (Å²) in [7, 11) is -0.966. The van der Waals surface area contributed by atoms with E-state index < -0.39 is 26.9 Å². The molecule has 202 valence electrons. The molecule has 0 amide bonds. The van der Waals surface area contributed by atoms with E-state index in [0.717, 1.165) is 6.42 Å². The molecule has 1 N–H and O–H groups in total. The van der Waals surface area contributed by atoms with Crippen LogP contribution >= 0.6 is 0 Å². The molecule has 3 aromatic heterocycles. The minimum atomic E-state index is -3.97. The van der Waals surface area contributed by atoms with Crippen LogP contribution in [0.3, 0.4) is 0 Å². The summed E-state index contributed by atoms with van der Waals surface area (Å²) in [4.78, 5) is 0. The molecule has 0 saturated heterocycles. The van der Waals surface area contributed by atoms with Gasteiger partial charge in [0.1, 0.15) is 34.8 Å². The van der Waals surface area contributed by atoms with E-state index in [1.54, 1.807) is 52.6 Å². The Labute approximate surface area is 219 Å². The lowest BCUT2D eigenvalue weighted by Gasteiger charge is -2.19. The normalized spacial score (nSPS) is 15.0. The van der Waals surface area contributed by atoms with Crippen molar-refractivity contribution in [1.82, 2.24) is 24.5 Å². The molecule has 38 heavy (non-hydrogen) atoms. The number of sulfone groups is 1. The van der Waals surface area contributed by atoms with Crippen LogP contribution in [0.25, 0.3) is 17.3 Å². The largest absolute Gasteiger partial charge is 0.494 e. The number of aliphatic hydroxyl groups is 1. The molecule has 1 aliphatic rings. The lowest BCUT2D eigenvalue weighted by molar-refractivity contribution is 0.169. The van der Waals surface area contributed by atoms with Crippen LogP contribution in [0.15, 0.2) is 40.8 Å². The molecule has 0 radical (unpaired) electrons. The van der Waals surface area contributed by atoms with Gasteiger partial charge in [0, 0.05) is 19.0 Å². The number of para-hydroxylation sites is 1. The van der Waals surface area contributed by atoms with Gasteiger partial charge in [0.2, 0.25) is 11.7 Å². The first-order chi connectivity index (χ1) is 18.2. The Kier molecular flexibility index (Phi) is 6.88. The summed E-state index contributed by atoms with van der Waals surface area (Å²) in [5.41, 5.74) is 0.654. The number of hydrogen-bond acceptors (Lipinski definition) is 10. The first-order valence-corrected chi connectivity index (χ1v) is 13.8. The van der Waals surface area contributed by atoms with Crippen LogP contribution in [-0.4, -0.2) is 64.1 Å². The lowest BCUT2D eigenvalue weighted by atomic mass is 10.2. The van der Waals surface area contributed by atoms with Crippen LogP contribution in [0, 0.1) is 6.92 Å². The standard InChI is InChI=1S/C25H29N5O7S/c1-15-9-10-20(37-15)25-27-26-21(30(25)23-18(34-3)7-5-8-19(23)35-4)14-38(32,33)16(2)24(31)17-13-22-29(28-17)11-6-12-36-22/h5,7-10,13,16,24,31H,6,11-12,14H2,1-4H3/t16-,24+/m1/s1. The SMILES string of the molecule is COc1cccc(OC)c1-n1c(CS(=O)(=O)[C@H](C)[C@H](O)c2cc3n(n2)CCCO3)nnc1-c1ccc(C)o1. The van der Waals surface area contributed by atoms with Crippen molar-refractivity contribution >= 4 is 9.84 Å². The highest BCUT2D eigenvalue weighted by Crippen LogP contribution is 2.37. The molecule has 1 aliphatic heterocycles. The minimum absolute atomic E-state index is 0.100. The summed E-state index contributed by atoms with van der Waals surface area (Å²) < 4.78 is 52.9. The van der Waals surface area contributed by atoms with Crippen molar-refractivity contribution in [2.24, 2.45) is 0 Å². The summed E-state index contributed by atoms with van der Waals surface area (Å²) in [6, 6.07) is 10.3. The third-order valence-electron chi connectivity index (χ3n) is 6.49. The molecule has 4 heterocycles. The molecule has 0 fully saturated rings.